The number of methoxy groups -OCH3 is 1. The van der Waals surface area contributed by atoms with Gasteiger partial charge in [0, 0.05) is 18.0 Å². The topological polar surface area (TPSA) is 48.1 Å². The molecule has 0 unspecified atom stereocenters. The Balaban J connectivity index is 3.20. The molecule has 0 aliphatic carbocycles. The van der Waals surface area contributed by atoms with E-state index in [2.05, 4.69) is 11.6 Å². The lowest BCUT2D eigenvalue weighted by Gasteiger charge is -2.06. The first-order valence-corrected chi connectivity index (χ1v) is 3.67. The van der Waals surface area contributed by atoms with Crippen molar-refractivity contribution in [1.82, 2.24) is 4.98 Å². The van der Waals surface area contributed by atoms with Crippen LogP contribution in [0.2, 0.25) is 5.15 Å². The Morgan fingerprint density at radius 1 is 1.75 bits per heavy atom. The zero-order valence-corrected chi connectivity index (χ0v) is 7.43. The number of aromatic nitrogens is 1. The van der Waals surface area contributed by atoms with Crippen molar-refractivity contribution in [2.75, 3.05) is 7.11 Å². The Morgan fingerprint density at radius 3 is 2.92 bits per heavy atom. The molecular weight excluding hydrogens is 176 g/mol. The van der Waals surface area contributed by atoms with Crippen LogP contribution in [0.1, 0.15) is 5.56 Å². The minimum Gasteiger partial charge on any atom is -0.496 e. The second-order valence-corrected chi connectivity index (χ2v) is 2.62. The molecule has 1 heterocycles. The maximum Gasteiger partial charge on any atom is 0.132 e. The van der Waals surface area contributed by atoms with Crippen LogP contribution in [0.4, 0.5) is 0 Å². The zero-order chi connectivity index (χ0) is 9.14. The van der Waals surface area contributed by atoms with E-state index in [-0.39, 0.29) is 0 Å². The fourth-order valence-electron chi connectivity index (χ4n) is 0.823. The van der Waals surface area contributed by atoms with E-state index in [1.165, 1.54) is 13.3 Å². The summed E-state index contributed by atoms with van der Waals surface area (Å²) in [6.07, 6.45) is 1.53. The summed E-state index contributed by atoms with van der Waals surface area (Å²) in [5.74, 6) is 0.586. The van der Waals surface area contributed by atoms with Crippen molar-refractivity contribution in [3.63, 3.8) is 0 Å². The van der Waals surface area contributed by atoms with E-state index >= 15 is 0 Å². The minimum absolute atomic E-state index is 0.372. The van der Waals surface area contributed by atoms with Crippen LogP contribution in [0, 0.1) is 0 Å². The molecule has 0 radical (unpaired) electrons. The number of pyridine rings is 1. The zero-order valence-electron chi connectivity index (χ0n) is 6.67. The van der Waals surface area contributed by atoms with Crippen molar-refractivity contribution in [2.24, 2.45) is 5.73 Å². The molecule has 0 amide bonds. The summed E-state index contributed by atoms with van der Waals surface area (Å²) < 4.78 is 5.02. The first-order chi connectivity index (χ1) is 5.65. The molecule has 12 heavy (non-hydrogen) atoms. The summed E-state index contributed by atoms with van der Waals surface area (Å²) in [5.41, 5.74) is 6.56. The molecule has 3 nitrogen and oxygen atoms in total. The van der Waals surface area contributed by atoms with Crippen LogP contribution in [-0.2, 0) is 0 Å². The fourth-order valence-corrected chi connectivity index (χ4v) is 0.971. The van der Waals surface area contributed by atoms with E-state index in [0.717, 1.165) is 0 Å². The van der Waals surface area contributed by atoms with Crippen molar-refractivity contribution in [3.8, 4) is 5.75 Å². The highest BCUT2D eigenvalue weighted by Gasteiger charge is 2.04. The van der Waals surface area contributed by atoms with E-state index in [1.54, 1.807) is 6.07 Å². The average Bonchev–Trinajstić information content (AvgIpc) is 2.03. The number of nitrogens with two attached hydrogens (primary N) is 1. The Kier molecular flexibility index (Phi) is 2.55. The molecule has 0 aliphatic rings. The lowest BCUT2D eigenvalue weighted by atomic mass is 10.2. The summed E-state index contributed by atoms with van der Waals surface area (Å²) in [7, 11) is 1.54. The van der Waals surface area contributed by atoms with Gasteiger partial charge in [-0.05, 0) is 0 Å². The number of rotatable bonds is 2. The predicted octanol–water partition coefficient (Wildman–Crippen LogP) is 1.67. The maximum absolute atomic E-state index is 5.64. The average molecular weight is 185 g/mol. The normalized spacial score (nSPS) is 9.50. The van der Waals surface area contributed by atoms with Crippen LogP contribution >= 0.6 is 11.6 Å². The van der Waals surface area contributed by atoms with Gasteiger partial charge in [-0.1, -0.05) is 18.2 Å². The molecule has 0 bridgehead atoms. The lowest BCUT2D eigenvalue weighted by Crippen LogP contribution is -1.98. The lowest BCUT2D eigenvalue weighted by molar-refractivity contribution is 0.413. The third kappa shape index (κ3) is 1.68. The second kappa shape index (κ2) is 3.45. The number of hydrogen-bond acceptors (Lipinski definition) is 3. The van der Waals surface area contributed by atoms with Crippen molar-refractivity contribution in [1.29, 1.82) is 0 Å². The quantitative estimate of drug-likeness (QED) is 0.712. The highest BCUT2D eigenvalue weighted by molar-refractivity contribution is 6.29. The van der Waals surface area contributed by atoms with Gasteiger partial charge >= 0.3 is 0 Å². The summed E-state index contributed by atoms with van der Waals surface area (Å²) in [6.45, 7) is 3.58. The maximum atomic E-state index is 5.64. The monoisotopic (exact) mass is 184 g/mol. The molecule has 0 atom stereocenters. The molecule has 4 heteroatoms. The molecule has 64 valence electrons. The molecule has 0 fully saturated rings. The van der Waals surface area contributed by atoms with Gasteiger partial charge in [0.15, 0.2) is 0 Å². The van der Waals surface area contributed by atoms with E-state index in [4.69, 9.17) is 22.1 Å². The first kappa shape index (κ1) is 8.87. The Hall–Kier alpha value is -1.22. The van der Waals surface area contributed by atoms with Gasteiger partial charge in [-0.25, -0.2) is 4.98 Å². The van der Waals surface area contributed by atoms with E-state index in [0.29, 0.717) is 22.2 Å². The smallest absolute Gasteiger partial charge is 0.132 e. The van der Waals surface area contributed by atoms with Gasteiger partial charge in [-0.15, -0.1) is 0 Å². The second-order valence-electron chi connectivity index (χ2n) is 2.23. The summed E-state index contributed by atoms with van der Waals surface area (Å²) >= 11 is 5.64. The standard InChI is InChI=1S/C8H9ClN2O/c1-5(10)6-4-11-8(9)3-7(6)12-2/h3-4H,1,10H2,2H3. The van der Waals surface area contributed by atoms with Gasteiger partial charge < -0.3 is 10.5 Å². The van der Waals surface area contributed by atoms with Crippen molar-refractivity contribution >= 4 is 17.3 Å². The number of nitrogens with zero attached hydrogens (tertiary/aromatic N) is 1. The molecule has 1 aromatic rings. The number of hydrogen-bond donors (Lipinski definition) is 1. The van der Waals surface area contributed by atoms with Crippen LogP contribution < -0.4 is 10.5 Å². The van der Waals surface area contributed by atoms with Crippen molar-refractivity contribution in [3.05, 3.63) is 29.6 Å². The molecule has 0 spiro atoms. The molecule has 1 rings (SSSR count). The van der Waals surface area contributed by atoms with Gasteiger partial charge in [-0.2, -0.15) is 0 Å². The molecule has 1 aromatic heterocycles. The molecule has 0 saturated carbocycles. The van der Waals surface area contributed by atoms with Crippen LogP contribution in [-0.4, -0.2) is 12.1 Å². The van der Waals surface area contributed by atoms with E-state index in [9.17, 15) is 0 Å². The molecular formula is C8H9ClN2O. The summed E-state index contributed by atoms with van der Waals surface area (Å²) in [4.78, 5) is 3.85. The van der Waals surface area contributed by atoms with Crippen molar-refractivity contribution in [2.45, 2.75) is 0 Å². The van der Waals surface area contributed by atoms with Crippen LogP contribution in [0.3, 0.4) is 0 Å². The molecule has 0 saturated heterocycles. The van der Waals surface area contributed by atoms with Crippen LogP contribution in [0.15, 0.2) is 18.8 Å². The van der Waals surface area contributed by atoms with Crippen LogP contribution in [0.5, 0.6) is 5.75 Å². The van der Waals surface area contributed by atoms with Gasteiger partial charge in [-0.3, -0.25) is 0 Å². The predicted molar refractivity (Wildman–Crippen MR) is 49.0 cm³/mol. The van der Waals surface area contributed by atoms with E-state index in [1.807, 2.05) is 0 Å². The number of halogens is 1. The highest BCUT2D eigenvalue weighted by Crippen LogP contribution is 2.23. The molecule has 0 aliphatic heterocycles. The Morgan fingerprint density at radius 2 is 2.42 bits per heavy atom. The minimum atomic E-state index is 0.372. The third-order valence-corrected chi connectivity index (χ3v) is 1.61. The molecule has 0 aromatic carbocycles. The molecule has 2 N–H and O–H groups in total. The third-order valence-electron chi connectivity index (χ3n) is 1.40. The van der Waals surface area contributed by atoms with Gasteiger partial charge in [0.1, 0.15) is 10.9 Å². The fraction of sp³-hybridized carbons (Fsp3) is 0.125. The van der Waals surface area contributed by atoms with E-state index < -0.39 is 0 Å². The Bertz CT molecular complexity index is 312. The summed E-state index contributed by atoms with van der Waals surface area (Å²) in [5, 5.41) is 0.372. The Labute approximate surface area is 75.8 Å². The SMILES string of the molecule is C=C(N)c1cnc(Cl)cc1OC. The highest BCUT2D eigenvalue weighted by atomic mass is 35.5. The van der Waals surface area contributed by atoms with Gasteiger partial charge in [0.05, 0.1) is 12.7 Å². The largest absolute Gasteiger partial charge is 0.496 e. The first-order valence-electron chi connectivity index (χ1n) is 3.29. The van der Waals surface area contributed by atoms with Gasteiger partial charge in [0.25, 0.3) is 0 Å². The van der Waals surface area contributed by atoms with Crippen LogP contribution in [0.25, 0.3) is 5.70 Å². The number of ether oxygens (including phenoxy) is 1. The summed E-state index contributed by atoms with van der Waals surface area (Å²) in [6, 6.07) is 1.59. The van der Waals surface area contributed by atoms with Gasteiger partial charge in [0.2, 0.25) is 0 Å². The van der Waals surface area contributed by atoms with Crippen molar-refractivity contribution < 1.29 is 4.74 Å².